The molecule has 0 bridgehead atoms. The molecular weight excluding hydrogens is 218 g/mol. The highest BCUT2D eigenvalue weighted by Crippen LogP contribution is 2.17. The molecule has 0 amide bonds. The quantitative estimate of drug-likeness (QED) is 0.629. The Kier molecular flexibility index (Phi) is 5.03. The summed E-state index contributed by atoms with van der Waals surface area (Å²) < 4.78 is 0. The molecule has 2 aromatic rings. The molecule has 0 unspecified atom stereocenters. The molecular formula is C14H16ClN. The number of fused-ring (bicyclic) bond motifs is 1. The highest BCUT2D eigenvalue weighted by molar-refractivity contribution is 5.85. The first-order chi connectivity index (χ1) is 7.42. The van der Waals surface area contributed by atoms with E-state index in [-0.39, 0.29) is 12.4 Å². The van der Waals surface area contributed by atoms with E-state index >= 15 is 0 Å². The second-order valence-electron chi connectivity index (χ2n) is 3.56. The number of hydrogen-bond donors (Lipinski definition) is 1. The fourth-order valence-electron chi connectivity index (χ4n) is 1.76. The average molecular weight is 234 g/mol. The van der Waals surface area contributed by atoms with Crippen molar-refractivity contribution in [2.45, 2.75) is 6.54 Å². The van der Waals surface area contributed by atoms with Gasteiger partial charge in [0.05, 0.1) is 0 Å². The van der Waals surface area contributed by atoms with Crippen LogP contribution in [0.5, 0.6) is 0 Å². The van der Waals surface area contributed by atoms with E-state index in [4.69, 9.17) is 0 Å². The van der Waals surface area contributed by atoms with E-state index in [0.717, 1.165) is 13.1 Å². The fraction of sp³-hybridized carbons (Fsp3) is 0.143. The monoisotopic (exact) mass is 233 g/mol. The Morgan fingerprint density at radius 1 is 1.06 bits per heavy atom. The van der Waals surface area contributed by atoms with E-state index in [1.54, 1.807) is 0 Å². The molecule has 0 aliphatic carbocycles. The van der Waals surface area contributed by atoms with Crippen molar-refractivity contribution in [3.05, 3.63) is 60.7 Å². The Hall–Kier alpha value is -1.31. The fourth-order valence-corrected chi connectivity index (χ4v) is 1.76. The summed E-state index contributed by atoms with van der Waals surface area (Å²) in [7, 11) is 0. The van der Waals surface area contributed by atoms with E-state index < -0.39 is 0 Å². The molecule has 0 saturated carbocycles. The molecule has 84 valence electrons. The predicted molar refractivity (Wildman–Crippen MR) is 73.1 cm³/mol. The zero-order valence-electron chi connectivity index (χ0n) is 9.15. The van der Waals surface area contributed by atoms with Crippen molar-refractivity contribution in [2.24, 2.45) is 0 Å². The van der Waals surface area contributed by atoms with Crippen LogP contribution in [0.25, 0.3) is 10.8 Å². The summed E-state index contributed by atoms with van der Waals surface area (Å²) in [5.74, 6) is 0. The number of halogens is 1. The standard InChI is InChI=1S/C14H15N.ClH/c1-2-10-15-11-13-8-5-7-12-6-3-4-9-14(12)13;/h2-9,15H,1,10-11H2;1H. The lowest BCUT2D eigenvalue weighted by molar-refractivity contribution is 0.765. The summed E-state index contributed by atoms with van der Waals surface area (Å²) >= 11 is 0. The van der Waals surface area contributed by atoms with E-state index in [9.17, 15) is 0 Å². The minimum absolute atomic E-state index is 0. The van der Waals surface area contributed by atoms with Gasteiger partial charge in [0.15, 0.2) is 0 Å². The van der Waals surface area contributed by atoms with Gasteiger partial charge in [0.2, 0.25) is 0 Å². The number of benzene rings is 2. The first kappa shape index (κ1) is 12.8. The van der Waals surface area contributed by atoms with Gasteiger partial charge in [-0.05, 0) is 16.3 Å². The summed E-state index contributed by atoms with van der Waals surface area (Å²) in [6.45, 7) is 5.44. The van der Waals surface area contributed by atoms with Crippen LogP contribution in [0.1, 0.15) is 5.56 Å². The van der Waals surface area contributed by atoms with Gasteiger partial charge in [-0.2, -0.15) is 0 Å². The molecule has 0 aliphatic rings. The van der Waals surface area contributed by atoms with E-state index in [2.05, 4.69) is 54.4 Å². The molecule has 1 N–H and O–H groups in total. The van der Waals surface area contributed by atoms with Crippen LogP contribution in [0.3, 0.4) is 0 Å². The SMILES string of the molecule is C=CCNCc1cccc2ccccc12.Cl. The van der Waals surface area contributed by atoms with Gasteiger partial charge in [0.25, 0.3) is 0 Å². The zero-order chi connectivity index (χ0) is 10.5. The predicted octanol–water partition coefficient (Wildman–Crippen LogP) is 3.54. The second-order valence-corrected chi connectivity index (χ2v) is 3.56. The van der Waals surface area contributed by atoms with Gasteiger partial charge >= 0.3 is 0 Å². The minimum Gasteiger partial charge on any atom is -0.309 e. The third-order valence-electron chi connectivity index (χ3n) is 2.48. The van der Waals surface area contributed by atoms with Gasteiger partial charge in [0, 0.05) is 13.1 Å². The van der Waals surface area contributed by atoms with Gasteiger partial charge in [-0.1, -0.05) is 48.5 Å². The molecule has 1 nitrogen and oxygen atoms in total. The third kappa shape index (κ3) is 2.84. The second kappa shape index (κ2) is 6.31. The number of rotatable bonds is 4. The van der Waals surface area contributed by atoms with Crippen molar-refractivity contribution >= 4 is 23.2 Å². The molecule has 0 aromatic heterocycles. The molecule has 2 rings (SSSR count). The Morgan fingerprint density at radius 2 is 1.81 bits per heavy atom. The van der Waals surface area contributed by atoms with Crippen LogP contribution in [-0.4, -0.2) is 6.54 Å². The van der Waals surface area contributed by atoms with Gasteiger partial charge in [-0.3, -0.25) is 0 Å². The Labute approximate surface area is 103 Å². The molecule has 2 heteroatoms. The molecule has 0 heterocycles. The van der Waals surface area contributed by atoms with Gasteiger partial charge < -0.3 is 5.32 Å². The third-order valence-corrected chi connectivity index (χ3v) is 2.48. The molecule has 0 fully saturated rings. The average Bonchev–Trinajstić information content (AvgIpc) is 2.30. The maximum absolute atomic E-state index is 3.69. The summed E-state index contributed by atoms with van der Waals surface area (Å²) in [6.07, 6.45) is 1.88. The molecule has 0 aliphatic heterocycles. The maximum atomic E-state index is 3.69. The van der Waals surface area contributed by atoms with Crippen molar-refractivity contribution in [3.63, 3.8) is 0 Å². The van der Waals surface area contributed by atoms with Crippen molar-refractivity contribution < 1.29 is 0 Å². The Morgan fingerprint density at radius 3 is 2.62 bits per heavy atom. The van der Waals surface area contributed by atoms with Crippen molar-refractivity contribution in [2.75, 3.05) is 6.54 Å². The first-order valence-corrected chi connectivity index (χ1v) is 5.20. The van der Waals surface area contributed by atoms with Crippen LogP contribution in [-0.2, 0) is 6.54 Å². The molecule has 16 heavy (non-hydrogen) atoms. The first-order valence-electron chi connectivity index (χ1n) is 5.20. The topological polar surface area (TPSA) is 12.0 Å². The summed E-state index contributed by atoms with van der Waals surface area (Å²) in [6, 6.07) is 14.9. The summed E-state index contributed by atoms with van der Waals surface area (Å²) in [5, 5.41) is 5.96. The molecule has 0 saturated heterocycles. The summed E-state index contributed by atoms with van der Waals surface area (Å²) in [5.41, 5.74) is 1.34. The normalized spacial score (nSPS) is 9.75. The smallest absolute Gasteiger partial charge is 0.0214 e. The van der Waals surface area contributed by atoms with E-state index in [1.165, 1.54) is 16.3 Å². The molecule has 2 aromatic carbocycles. The molecule has 0 spiro atoms. The van der Waals surface area contributed by atoms with Crippen LogP contribution in [0, 0.1) is 0 Å². The van der Waals surface area contributed by atoms with E-state index in [1.807, 2.05) is 6.08 Å². The summed E-state index contributed by atoms with van der Waals surface area (Å²) in [4.78, 5) is 0. The van der Waals surface area contributed by atoms with Crippen LogP contribution in [0.15, 0.2) is 55.1 Å². The van der Waals surface area contributed by atoms with Gasteiger partial charge in [-0.25, -0.2) is 0 Å². The highest BCUT2D eigenvalue weighted by atomic mass is 35.5. The van der Waals surface area contributed by atoms with Gasteiger partial charge in [0.1, 0.15) is 0 Å². The van der Waals surface area contributed by atoms with E-state index in [0.29, 0.717) is 0 Å². The molecule has 0 atom stereocenters. The van der Waals surface area contributed by atoms with Crippen molar-refractivity contribution in [3.8, 4) is 0 Å². The highest BCUT2D eigenvalue weighted by Gasteiger charge is 1.98. The number of nitrogens with one attached hydrogen (secondary N) is 1. The van der Waals surface area contributed by atoms with Gasteiger partial charge in [-0.15, -0.1) is 19.0 Å². The minimum atomic E-state index is 0. The lowest BCUT2D eigenvalue weighted by Crippen LogP contribution is -2.12. The van der Waals surface area contributed by atoms with Crippen molar-refractivity contribution in [1.82, 2.24) is 5.32 Å². The van der Waals surface area contributed by atoms with Crippen LogP contribution in [0.4, 0.5) is 0 Å². The lowest BCUT2D eigenvalue weighted by Gasteiger charge is -2.06. The maximum Gasteiger partial charge on any atom is 0.0214 e. The lowest BCUT2D eigenvalue weighted by atomic mass is 10.0. The Balaban J connectivity index is 0.00000128. The largest absolute Gasteiger partial charge is 0.309 e. The number of hydrogen-bond acceptors (Lipinski definition) is 1. The molecule has 0 radical (unpaired) electrons. The Bertz CT molecular complexity index is 460. The van der Waals surface area contributed by atoms with Crippen LogP contribution < -0.4 is 5.32 Å². The van der Waals surface area contributed by atoms with Crippen LogP contribution >= 0.6 is 12.4 Å². The van der Waals surface area contributed by atoms with Crippen molar-refractivity contribution in [1.29, 1.82) is 0 Å². The zero-order valence-corrected chi connectivity index (χ0v) is 9.96. The van der Waals surface area contributed by atoms with Crippen LogP contribution in [0.2, 0.25) is 0 Å².